The van der Waals surface area contributed by atoms with E-state index in [1.165, 1.54) is 6.92 Å². The highest BCUT2D eigenvalue weighted by Gasteiger charge is 2.53. The number of rotatable bonds is 13. The molecule has 39 heavy (non-hydrogen) atoms. The number of hydrogen-bond donors (Lipinski definition) is 2. The lowest BCUT2D eigenvalue weighted by atomic mass is 9.98. The molecule has 1 aromatic carbocycles. The molecule has 1 aromatic rings. The van der Waals surface area contributed by atoms with E-state index < -0.39 is 60.7 Å². The van der Waals surface area contributed by atoms with Gasteiger partial charge in [-0.05, 0) is 24.3 Å². The summed E-state index contributed by atoms with van der Waals surface area (Å²) in [5.41, 5.74) is 0. The highest BCUT2D eigenvalue weighted by molar-refractivity contribution is 5.68. The summed E-state index contributed by atoms with van der Waals surface area (Å²) in [6.07, 6.45) is -7.13. The number of carbonyl (C=O) groups excluding carboxylic acids is 4. The Kier molecular flexibility index (Phi) is 12.4. The second-order valence-electron chi connectivity index (χ2n) is 9.18. The topological polar surface area (TPSA) is 165 Å². The fraction of sp³-hybridized carbons (Fsp3) is 0.615. The summed E-state index contributed by atoms with van der Waals surface area (Å²) in [6, 6.07) is 6.55. The number of hydrogen-bond acceptors (Lipinski definition) is 13. The van der Waals surface area contributed by atoms with Crippen LogP contribution in [0.25, 0.3) is 0 Å². The van der Waals surface area contributed by atoms with Gasteiger partial charge in [0.25, 0.3) is 0 Å². The molecule has 0 spiro atoms. The Morgan fingerprint density at radius 3 is 1.92 bits per heavy atom. The first-order chi connectivity index (χ1) is 18.3. The average molecular weight is 556 g/mol. The smallest absolute Gasteiger partial charge is 0.303 e. The van der Waals surface area contributed by atoms with Gasteiger partial charge in [-0.1, -0.05) is 13.8 Å². The van der Waals surface area contributed by atoms with Crippen LogP contribution in [0.5, 0.6) is 11.5 Å². The first kappa shape index (κ1) is 31.8. The minimum atomic E-state index is -1.35. The van der Waals surface area contributed by atoms with E-state index in [-0.39, 0.29) is 25.0 Å². The summed E-state index contributed by atoms with van der Waals surface area (Å²) in [6.45, 7) is 8.63. The summed E-state index contributed by atoms with van der Waals surface area (Å²) in [7, 11) is 0. The molecule has 2 N–H and O–H groups in total. The predicted octanol–water partition coefficient (Wildman–Crippen LogP) is 0.886. The minimum Gasteiger partial charge on any atom is -0.491 e. The van der Waals surface area contributed by atoms with E-state index in [4.69, 9.17) is 33.2 Å². The number of benzene rings is 1. The van der Waals surface area contributed by atoms with Gasteiger partial charge in [0.15, 0.2) is 12.2 Å². The van der Waals surface area contributed by atoms with Crippen molar-refractivity contribution in [2.24, 2.45) is 0 Å². The lowest BCUT2D eigenvalue weighted by Crippen LogP contribution is -2.63. The van der Waals surface area contributed by atoms with Gasteiger partial charge >= 0.3 is 23.9 Å². The Labute approximate surface area is 227 Å². The number of esters is 4. The molecule has 13 nitrogen and oxygen atoms in total. The van der Waals surface area contributed by atoms with Crippen LogP contribution in [0.15, 0.2) is 24.3 Å². The van der Waals surface area contributed by atoms with Crippen molar-refractivity contribution in [3.05, 3.63) is 24.3 Å². The Morgan fingerprint density at radius 2 is 1.38 bits per heavy atom. The van der Waals surface area contributed by atoms with Crippen LogP contribution >= 0.6 is 0 Å². The van der Waals surface area contributed by atoms with Crippen LogP contribution in [0.1, 0.15) is 41.5 Å². The van der Waals surface area contributed by atoms with Gasteiger partial charge in [0.05, 0.1) is 0 Å². The van der Waals surface area contributed by atoms with Gasteiger partial charge in [0.1, 0.15) is 36.9 Å². The summed E-state index contributed by atoms with van der Waals surface area (Å²) in [5, 5.41) is 13.1. The zero-order chi connectivity index (χ0) is 29.1. The molecule has 0 aliphatic carbocycles. The molecule has 0 aromatic heterocycles. The molecule has 13 heteroatoms. The van der Waals surface area contributed by atoms with Gasteiger partial charge in [-0.15, -0.1) is 0 Å². The molecule has 1 aliphatic rings. The Morgan fingerprint density at radius 1 is 0.846 bits per heavy atom. The molecule has 1 heterocycles. The van der Waals surface area contributed by atoms with Gasteiger partial charge in [0, 0.05) is 40.3 Å². The standard InChI is InChI=1S/C26H37NO12/c1-14(2)27-11-19(32)12-34-20-7-9-21(10-8-20)38-26-25(37-18(6)31)24(36-17(5)30)23(35-16(4)29)22(39-26)13-33-15(3)28/h7-10,14,19,22-27,32H,11-13H2,1-6H3/t19-,22+,23+,24-,25+,26+/m0/s1. The second-order valence-corrected chi connectivity index (χ2v) is 9.18. The quantitative estimate of drug-likeness (QED) is 0.261. The Bertz CT molecular complexity index is 966. The van der Waals surface area contributed by atoms with Crippen molar-refractivity contribution >= 4 is 23.9 Å². The van der Waals surface area contributed by atoms with Crippen molar-refractivity contribution in [2.45, 2.75) is 84.4 Å². The van der Waals surface area contributed by atoms with Gasteiger partial charge in [-0.3, -0.25) is 19.2 Å². The monoisotopic (exact) mass is 555 g/mol. The summed E-state index contributed by atoms with van der Waals surface area (Å²) < 4.78 is 38.6. The van der Waals surface area contributed by atoms with Gasteiger partial charge in [-0.2, -0.15) is 0 Å². The number of aliphatic hydroxyl groups is 1. The van der Waals surface area contributed by atoms with Crippen molar-refractivity contribution in [3.8, 4) is 11.5 Å². The molecular weight excluding hydrogens is 518 g/mol. The summed E-state index contributed by atoms with van der Waals surface area (Å²) >= 11 is 0. The number of ether oxygens (including phenoxy) is 7. The first-order valence-electron chi connectivity index (χ1n) is 12.5. The average Bonchev–Trinajstić information content (AvgIpc) is 2.83. The van der Waals surface area contributed by atoms with Crippen molar-refractivity contribution < 1.29 is 57.4 Å². The van der Waals surface area contributed by atoms with Crippen LogP contribution in [0.4, 0.5) is 0 Å². The molecule has 0 amide bonds. The molecule has 1 fully saturated rings. The zero-order valence-electron chi connectivity index (χ0n) is 22.9. The molecule has 1 saturated heterocycles. The van der Waals surface area contributed by atoms with E-state index in [1.807, 2.05) is 13.8 Å². The lowest BCUT2D eigenvalue weighted by Gasteiger charge is -2.43. The number of nitrogens with one attached hydrogen (secondary N) is 1. The molecule has 0 radical (unpaired) electrons. The predicted molar refractivity (Wildman–Crippen MR) is 134 cm³/mol. The Hall–Kier alpha value is -3.42. The van der Waals surface area contributed by atoms with E-state index in [2.05, 4.69) is 5.32 Å². The molecule has 0 saturated carbocycles. The molecule has 0 bridgehead atoms. The van der Waals surface area contributed by atoms with Crippen LogP contribution in [0, 0.1) is 0 Å². The van der Waals surface area contributed by atoms with Gasteiger partial charge in [-0.25, -0.2) is 0 Å². The highest BCUT2D eigenvalue weighted by Crippen LogP contribution is 2.31. The van der Waals surface area contributed by atoms with E-state index in [0.29, 0.717) is 12.3 Å². The van der Waals surface area contributed by atoms with Crippen molar-refractivity contribution in [1.82, 2.24) is 5.32 Å². The minimum absolute atomic E-state index is 0.0691. The normalized spacial score (nSPS) is 23.3. The second kappa shape index (κ2) is 15.2. The van der Waals surface area contributed by atoms with Crippen molar-refractivity contribution in [2.75, 3.05) is 19.8 Å². The SMILES string of the molecule is CC(=O)OC[C@H]1O[C@@H](Oc2ccc(OC[C@@H](O)CNC(C)C)cc2)[C@H](OC(C)=O)[C@@H](OC(C)=O)[C@@H]1OC(C)=O. The van der Waals surface area contributed by atoms with E-state index in [1.54, 1.807) is 24.3 Å². The largest absolute Gasteiger partial charge is 0.491 e. The molecular formula is C26H37NO12. The molecule has 2 rings (SSSR count). The third-order valence-corrected chi connectivity index (χ3v) is 5.23. The summed E-state index contributed by atoms with van der Waals surface area (Å²) in [4.78, 5) is 47.1. The van der Waals surface area contributed by atoms with Crippen molar-refractivity contribution in [3.63, 3.8) is 0 Å². The molecule has 6 atom stereocenters. The van der Waals surface area contributed by atoms with E-state index in [0.717, 1.165) is 20.8 Å². The molecule has 218 valence electrons. The van der Waals surface area contributed by atoms with Gasteiger partial charge < -0.3 is 43.6 Å². The molecule has 0 unspecified atom stereocenters. The van der Waals surface area contributed by atoms with Crippen LogP contribution in [0.3, 0.4) is 0 Å². The zero-order valence-corrected chi connectivity index (χ0v) is 22.9. The van der Waals surface area contributed by atoms with Crippen LogP contribution in [-0.2, 0) is 42.9 Å². The van der Waals surface area contributed by atoms with Gasteiger partial charge in [0.2, 0.25) is 12.4 Å². The van der Waals surface area contributed by atoms with Crippen LogP contribution < -0.4 is 14.8 Å². The maximum Gasteiger partial charge on any atom is 0.303 e. The third kappa shape index (κ3) is 11.1. The van der Waals surface area contributed by atoms with Crippen LogP contribution in [-0.4, -0.2) is 91.6 Å². The van der Waals surface area contributed by atoms with E-state index in [9.17, 15) is 24.3 Å². The van der Waals surface area contributed by atoms with E-state index >= 15 is 0 Å². The van der Waals surface area contributed by atoms with Crippen molar-refractivity contribution in [1.29, 1.82) is 0 Å². The maximum atomic E-state index is 11.9. The Balaban J connectivity index is 2.24. The molecule has 1 aliphatic heterocycles. The third-order valence-electron chi connectivity index (χ3n) is 5.23. The summed E-state index contributed by atoms with van der Waals surface area (Å²) in [5.74, 6) is -2.09. The maximum absolute atomic E-state index is 11.9. The number of aliphatic hydroxyl groups excluding tert-OH is 1. The lowest BCUT2D eigenvalue weighted by molar-refractivity contribution is -0.288. The first-order valence-corrected chi connectivity index (χ1v) is 12.5. The fourth-order valence-corrected chi connectivity index (χ4v) is 3.66. The number of carbonyl (C=O) groups is 4. The highest BCUT2D eigenvalue weighted by atomic mass is 16.7. The van der Waals surface area contributed by atoms with Crippen LogP contribution in [0.2, 0.25) is 0 Å². The fourth-order valence-electron chi connectivity index (χ4n) is 3.66.